The van der Waals surface area contributed by atoms with Crippen LogP contribution < -0.4 is 0 Å². The lowest BCUT2D eigenvalue weighted by Crippen LogP contribution is -2.48. The summed E-state index contributed by atoms with van der Waals surface area (Å²) in [5, 5.41) is 0.116. The summed E-state index contributed by atoms with van der Waals surface area (Å²) in [6, 6.07) is -0.519. The van der Waals surface area contributed by atoms with Gasteiger partial charge in [0.25, 0.3) is 0 Å². The van der Waals surface area contributed by atoms with E-state index in [9.17, 15) is 4.79 Å². The van der Waals surface area contributed by atoms with Crippen LogP contribution >= 0.6 is 0 Å². The van der Waals surface area contributed by atoms with Gasteiger partial charge in [0, 0.05) is 11.9 Å². The van der Waals surface area contributed by atoms with E-state index >= 15 is 0 Å². The fraction of sp³-hybridized carbons (Fsp3) is 0.929. The van der Waals surface area contributed by atoms with Gasteiger partial charge in [-0.25, -0.2) is 0 Å². The van der Waals surface area contributed by atoms with Crippen LogP contribution in [0.5, 0.6) is 0 Å². The molecule has 1 rings (SSSR count). The molecule has 0 bridgehead atoms. The Balaban J connectivity index is 2.95. The van der Waals surface area contributed by atoms with Crippen molar-refractivity contribution in [1.29, 1.82) is 0 Å². The fourth-order valence-electron chi connectivity index (χ4n) is 2.30. The summed E-state index contributed by atoms with van der Waals surface area (Å²) in [5.41, 5.74) is -0.785. The predicted octanol–water partition coefficient (Wildman–Crippen LogP) is 2.89. The minimum Gasteiger partial charge on any atom is -0.412 e. The monoisotopic (exact) mass is 282 g/mol. The largest absolute Gasteiger partial charge is 0.412 e. The topological polar surface area (TPSA) is 35.5 Å². The van der Waals surface area contributed by atoms with Gasteiger partial charge in [-0.05, 0) is 24.6 Å². The molecule has 1 fully saturated rings. The van der Waals surface area contributed by atoms with Gasteiger partial charge in [0.1, 0.15) is 13.4 Å². The highest BCUT2D eigenvalue weighted by molar-refractivity contribution is 6.74. The second-order valence-electron chi connectivity index (χ2n) is 7.14. The molecule has 0 N–H and O–H groups in total. The third-order valence-electron chi connectivity index (χ3n) is 4.93. The molecule has 0 amide bonds. The second kappa shape index (κ2) is 5.34. The van der Waals surface area contributed by atoms with Crippen LogP contribution in [0.4, 0.5) is 0 Å². The van der Waals surface area contributed by atoms with Crippen LogP contribution in [0, 0.1) is 5.92 Å². The molecule has 1 heterocycles. The Morgan fingerprint density at radius 2 is 1.95 bits per heavy atom. The first-order chi connectivity index (χ1) is 8.50. The number of hydrogen-bond donors (Lipinski definition) is 0. The summed E-state index contributed by atoms with van der Waals surface area (Å²) in [5.74, 6) is -0.0147. The molecule has 2 radical (unpaired) electrons. The van der Waals surface area contributed by atoms with Crippen LogP contribution in [-0.2, 0) is 14.0 Å². The molecule has 0 saturated carbocycles. The van der Waals surface area contributed by atoms with Crippen molar-refractivity contribution in [2.75, 3.05) is 0 Å². The maximum Gasteiger partial charge on any atom is 0.192 e. The molecule has 0 spiro atoms. The molecule has 0 aromatic heterocycles. The molecule has 0 aromatic carbocycles. The molecule has 0 unspecified atom stereocenters. The first-order valence-corrected chi connectivity index (χ1v) is 9.99. The van der Waals surface area contributed by atoms with Crippen LogP contribution in [0.15, 0.2) is 0 Å². The van der Waals surface area contributed by atoms with Crippen molar-refractivity contribution in [3.05, 3.63) is 0 Å². The maximum absolute atomic E-state index is 11.4. The smallest absolute Gasteiger partial charge is 0.192 e. The summed E-state index contributed by atoms with van der Waals surface area (Å²) >= 11 is 0. The molecule has 1 aliphatic heterocycles. The van der Waals surface area contributed by atoms with Crippen LogP contribution in [-0.4, -0.2) is 40.2 Å². The average Bonchev–Trinajstić information content (AvgIpc) is 2.52. The van der Waals surface area contributed by atoms with Crippen LogP contribution in [0.1, 0.15) is 41.0 Å². The number of ether oxygens (including phenoxy) is 1. The van der Waals surface area contributed by atoms with E-state index in [2.05, 4.69) is 33.9 Å². The van der Waals surface area contributed by atoms with Crippen molar-refractivity contribution < 1.29 is 14.0 Å². The number of aldehydes is 1. The first kappa shape index (κ1) is 16.9. The van der Waals surface area contributed by atoms with E-state index in [1.165, 1.54) is 0 Å². The Morgan fingerprint density at radius 3 is 2.26 bits per heavy atom. The van der Waals surface area contributed by atoms with Gasteiger partial charge in [-0.2, -0.15) is 0 Å². The number of carbonyl (C=O) groups is 1. The first-order valence-electron chi connectivity index (χ1n) is 7.08. The zero-order valence-corrected chi connectivity index (χ0v) is 14.3. The van der Waals surface area contributed by atoms with Gasteiger partial charge >= 0.3 is 0 Å². The molecule has 108 valence electrons. The Hall–Kier alpha value is -0.128. The van der Waals surface area contributed by atoms with E-state index in [0.29, 0.717) is 6.42 Å². The Kier molecular flexibility index (Phi) is 4.75. The average molecular weight is 282 g/mol. The third kappa shape index (κ3) is 2.98. The van der Waals surface area contributed by atoms with Crippen LogP contribution in [0.3, 0.4) is 0 Å². The molecule has 1 aliphatic rings. The highest BCUT2D eigenvalue weighted by atomic mass is 28.4. The van der Waals surface area contributed by atoms with Gasteiger partial charge < -0.3 is 14.0 Å². The lowest BCUT2D eigenvalue weighted by Gasteiger charge is -2.40. The summed E-state index contributed by atoms with van der Waals surface area (Å²) in [4.78, 5) is 11.4. The Labute approximate surface area is 120 Å². The Bertz CT molecular complexity index is 340. The van der Waals surface area contributed by atoms with Gasteiger partial charge in [0.15, 0.2) is 14.6 Å². The van der Waals surface area contributed by atoms with Gasteiger partial charge in [0.2, 0.25) is 0 Å². The molecule has 0 aromatic rings. The van der Waals surface area contributed by atoms with E-state index in [1.54, 1.807) is 0 Å². The lowest BCUT2D eigenvalue weighted by molar-refractivity contribution is -0.130. The van der Waals surface area contributed by atoms with Crippen molar-refractivity contribution in [2.45, 2.75) is 76.9 Å². The number of carbonyl (C=O) groups excluding carboxylic acids is 1. The van der Waals surface area contributed by atoms with Gasteiger partial charge in [-0.15, -0.1) is 0 Å². The van der Waals surface area contributed by atoms with E-state index in [4.69, 9.17) is 17.0 Å². The van der Waals surface area contributed by atoms with Gasteiger partial charge in [0.05, 0.1) is 6.10 Å². The molecule has 3 nitrogen and oxygen atoms in total. The summed E-state index contributed by atoms with van der Waals surface area (Å²) < 4.78 is 12.1. The number of rotatable bonds is 4. The maximum atomic E-state index is 11.4. The molecule has 5 heteroatoms. The minimum absolute atomic E-state index is 0.0147. The summed E-state index contributed by atoms with van der Waals surface area (Å²) in [7, 11) is 4.15. The molecule has 1 saturated heterocycles. The molecule has 4 atom stereocenters. The quantitative estimate of drug-likeness (QED) is 0.587. The van der Waals surface area contributed by atoms with Crippen molar-refractivity contribution in [3.8, 4) is 0 Å². The van der Waals surface area contributed by atoms with Crippen molar-refractivity contribution >= 4 is 22.4 Å². The number of hydrogen-bond acceptors (Lipinski definition) is 3. The second-order valence-corrected chi connectivity index (χ2v) is 11.9. The highest BCUT2D eigenvalue weighted by Crippen LogP contribution is 2.43. The molecule has 0 aliphatic carbocycles. The third-order valence-corrected chi connectivity index (χ3v) is 9.41. The minimum atomic E-state index is -1.92. The fourth-order valence-corrected chi connectivity index (χ4v) is 3.67. The van der Waals surface area contributed by atoms with Crippen molar-refractivity contribution in [3.63, 3.8) is 0 Å². The highest BCUT2D eigenvalue weighted by Gasteiger charge is 2.53. The normalized spacial score (nSPS) is 36.5. The van der Waals surface area contributed by atoms with E-state index in [1.807, 2.05) is 13.8 Å². The standard InChI is InChI=1S/C14H27BO3Si/c1-8-14(9-16)10(2)11(12(15)17-14)18-19(6,7)13(3,4)5/h9-12H,8H2,1-7H3/t10-,11+,12+,14-/m0/s1. The Morgan fingerprint density at radius 1 is 1.42 bits per heavy atom. The van der Waals surface area contributed by atoms with Crippen LogP contribution in [0.25, 0.3) is 0 Å². The van der Waals surface area contributed by atoms with E-state index < -0.39 is 19.9 Å². The molecular formula is C14H27BO3Si. The van der Waals surface area contributed by atoms with E-state index in [0.717, 1.165) is 6.29 Å². The lowest BCUT2D eigenvalue weighted by atomic mass is 9.82. The zero-order valence-electron chi connectivity index (χ0n) is 13.3. The van der Waals surface area contributed by atoms with Gasteiger partial charge in [-0.3, -0.25) is 0 Å². The predicted molar refractivity (Wildman–Crippen MR) is 80.9 cm³/mol. The van der Waals surface area contributed by atoms with Crippen molar-refractivity contribution in [1.82, 2.24) is 0 Å². The van der Waals surface area contributed by atoms with Gasteiger partial charge in [-0.1, -0.05) is 34.6 Å². The molecular weight excluding hydrogens is 255 g/mol. The molecule has 19 heavy (non-hydrogen) atoms. The summed E-state index contributed by atoms with van der Waals surface area (Å²) in [6.45, 7) is 14.9. The van der Waals surface area contributed by atoms with Crippen LogP contribution in [0.2, 0.25) is 18.1 Å². The van der Waals surface area contributed by atoms with Crippen molar-refractivity contribution in [2.24, 2.45) is 5.92 Å². The SMILES string of the molecule is [B][C@@H]1O[C@](C=O)(CC)[C@@H](C)[C@H]1O[Si](C)(C)C(C)(C)C. The van der Waals surface area contributed by atoms with E-state index in [-0.39, 0.29) is 17.1 Å². The summed E-state index contributed by atoms with van der Waals surface area (Å²) in [6.07, 6.45) is 1.32. The zero-order chi connectivity index (χ0) is 15.1.